The predicted octanol–water partition coefficient (Wildman–Crippen LogP) is 6.46. The number of carboxylic acids is 1. The molecular formula is C37H53N3O3. The van der Waals surface area contributed by atoms with Gasteiger partial charge in [0.25, 0.3) is 0 Å². The normalized spacial score (nSPS) is 23.3. The first-order valence-electron chi connectivity index (χ1n) is 17.1. The number of unbranched alkanes of at least 4 members (excludes halogenated alkanes) is 1. The van der Waals surface area contributed by atoms with Gasteiger partial charge >= 0.3 is 5.97 Å². The average Bonchev–Trinajstić information content (AvgIpc) is 3.45. The molecule has 0 bridgehead atoms. The van der Waals surface area contributed by atoms with E-state index in [1.807, 2.05) is 18.2 Å². The van der Waals surface area contributed by atoms with Crippen LogP contribution in [-0.2, 0) is 16.0 Å². The molecule has 2 heterocycles. The molecule has 1 amide bonds. The van der Waals surface area contributed by atoms with Gasteiger partial charge in [0.15, 0.2) is 0 Å². The summed E-state index contributed by atoms with van der Waals surface area (Å²) >= 11 is 0. The lowest BCUT2D eigenvalue weighted by atomic mass is 9.83. The van der Waals surface area contributed by atoms with E-state index in [1.165, 1.54) is 17.5 Å². The number of nitrogens with zero attached hydrogens (tertiary/aromatic N) is 3. The number of carbonyl (C=O) groups excluding carboxylic acids is 1. The molecule has 2 aromatic carbocycles. The minimum absolute atomic E-state index is 0.269. The molecule has 5 rings (SSSR count). The Morgan fingerprint density at radius 2 is 1.58 bits per heavy atom. The minimum atomic E-state index is -0.635. The van der Waals surface area contributed by atoms with Crippen molar-refractivity contribution in [1.29, 1.82) is 0 Å². The number of likely N-dealkylation sites (tertiary alicyclic amines) is 2. The smallest absolute Gasteiger partial charge is 0.321 e. The number of hydrogen-bond donors (Lipinski definition) is 1. The van der Waals surface area contributed by atoms with E-state index in [-0.39, 0.29) is 12.0 Å². The van der Waals surface area contributed by atoms with E-state index in [0.717, 1.165) is 97.1 Å². The van der Waals surface area contributed by atoms with Gasteiger partial charge in [-0.1, -0.05) is 93.3 Å². The first kappa shape index (κ1) is 31.7. The fourth-order valence-electron chi connectivity index (χ4n) is 8.12. The Hall–Kier alpha value is -2.70. The van der Waals surface area contributed by atoms with E-state index in [2.05, 4.69) is 64.1 Å². The largest absolute Gasteiger partial charge is 0.480 e. The molecular weight excluding hydrogens is 534 g/mol. The van der Waals surface area contributed by atoms with Crippen molar-refractivity contribution in [3.63, 3.8) is 0 Å². The summed E-state index contributed by atoms with van der Waals surface area (Å²) in [5.41, 5.74) is 2.57. The number of carbonyl (C=O) groups is 2. The third kappa shape index (κ3) is 8.48. The molecule has 2 aromatic rings. The van der Waals surface area contributed by atoms with Crippen LogP contribution in [0.15, 0.2) is 60.7 Å². The summed E-state index contributed by atoms with van der Waals surface area (Å²) in [4.78, 5) is 33.2. The van der Waals surface area contributed by atoms with E-state index in [4.69, 9.17) is 0 Å². The van der Waals surface area contributed by atoms with Crippen molar-refractivity contribution in [1.82, 2.24) is 14.7 Å². The molecule has 43 heavy (non-hydrogen) atoms. The van der Waals surface area contributed by atoms with Crippen LogP contribution in [0.1, 0.15) is 88.2 Å². The van der Waals surface area contributed by atoms with Crippen molar-refractivity contribution in [3.8, 4) is 0 Å². The molecule has 0 unspecified atom stereocenters. The summed E-state index contributed by atoms with van der Waals surface area (Å²) in [7, 11) is 0. The van der Waals surface area contributed by atoms with Crippen LogP contribution in [0.5, 0.6) is 0 Å². The van der Waals surface area contributed by atoms with E-state index in [9.17, 15) is 14.7 Å². The Morgan fingerprint density at radius 3 is 2.23 bits per heavy atom. The van der Waals surface area contributed by atoms with Gasteiger partial charge in [0, 0.05) is 57.6 Å². The molecule has 2 aliphatic heterocycles. The van der Waals surface area contributed by atoms with Crippen molar-refractivity contribution in [3.05, 3.63) is 71.8 Å². The number of piperidine rings is 1. The van der Waals surface area contributed by atoms with E-state index >= 15 is 0 Å². The summed E-state index contributed by atoms with van der Waals surface area (Å²) < 4.78 is 0. The quantitative estimate of drug-likeness (QED) is 0.291. The molecule has 234 valence electrons. The summed E-state index contributed by atoms with van der Waals surface area (Å²) in [6.07, 6.45) is 11.2. The third-order valence-corrected chi connectivity index (χ3v) is 10.5. The van der Waals surface area contributed by atoms with Gasteiger partial charge < -0.3 is 14.9 Å². The van der Waals surface area contributed by atoms with Crippen LogP contribution in [-0.4, -0.2) is 83.0 Å². The molecule has 1 N–H and O–H groups in total. The minimum Gasteiger partial charge on any atom is -0.480 e. The van der Waals surface area contributed by atoms with Crippen molar-refractivity contribution in [2.45, 2.75) is 95.6 Å². The maximum atomic E-state index is 13.4. The summed E-state index contributed by atoms with van der Waals surface area (Å²) in [6, 6.07) is 21.1. The maximum absolute atomic E-state index is 13.4. The second kappa shape index (κ2) is 15.9. The molecule has 3 aliphatic rings. The van der Waals surface area contributed by atoms with Gasteiger partial charge in [-0.25, -0.2) is 0 Å². The Bertz CT molecular complexity index is 1130. The number of hydrogen-bond acceptors (Lipinski definition) is 4. The molecule has 6 heteroatoms. The van der Waals surface area contributed by atoms with E-state index in [0.29, 0.717) is 30.2 Å². The molecule has 0 radical (unpaired) electrons. The zero-order valence-electron chi connectivity index (χ0n) is 26.3. The molecule has 1 aliphatic carbocycles. The van der Waals surface area contributed by atoms with Gasteiger partial charge in [-0.3, -0.25) is 14.5 Å². The zero-order valence-corrected chi connectivity index (χ0v) is 26.3. The highest BCUT2D eigenvalue weighted by Crippen LogP contribution is 2.38. The maximum Gasteiger partial charge on any atom is 0.321 e. The van der Waals surface area contributed by atoms with Crippen molar-refractivity contribution in [2.75, 3.05) is 39.3 Å². The monoisotopic (exact) mass is 587 g/mol. The van der Waals surface area contributed by atoms with Gasteiger partial charge in [0.05, 0.1) is 0 Å². The standard InChI is InChI=1S/C37H53N3O3/c1-2-3-23-40(35(41)20-19-29-13-7-4-8-14-29)33-21-24-38(25-22-33)26-32-27-39(28-34(32)30-15-9-5-10-16-30)36(37(42)43)31-17-11-6-12-18-31/h4-5,7-10,13-16,31-34,36H,2-3,6,11-12,17-28H2,1H3,(H,42,43)/t32-,34+,36+/m0/s1. The lowest BCUT2D eigenvalue weighted by Crippen LogP contribution is -2.49. The van der Waals surface area contributed by atoms with Crippen molar-refractivity contribution in [2.24, 2.45) is 11.8 Å². The fraction of sp³-hybridized carbons (Fsp3) is 0.622. The fourth-order valence-corrected chi connectivity index (χ4v) is 8.12. The summed E-state index contributed by atoms with van der Waals surface area (Å²) in [5.74, 6) is 0.696. The second-order valence-corrected chi connectivity index (χ2v) is 13.4. The van der Waals surface area contributed by atoms with Crippen LogP contribution in [0.2, 0.25) is 0 Å². The van der Waals surface area contributed by atoms with Crippen LogP contribution in [0.3, 0.4) is 0 Å². The van der Waals surface area contributed by atoms with Gasteiger partial charge in [-0.15, -0.1) is 0 Å². The number of carboxylic acid groups (broad SMARTS) is 1. The van der Waals surface area contributed by atoms with Gasteiger partial charge in [0.2, 0.25) is 5.91 Å². The number of amides is 1. The average molecular weight is 588 g/mol. The van der Waals surface area contributed by atoms with Crippen molar-refractivity contribution >= 4 is 11.9 Å². The van der Waals surface area contributed by atoms with Gasteiger partial charge in [-0.05, 0) is 61.5 Å². The van der Waals surface area contributed by atoms with Crippen LogP contribution in [0.4, 0.5) is 0 Å². The number of aryl methyl sites for hydroxylation is 1. The lowest BCUT2D eigenvalue weighted by molar-refractivity contribution is -0.145. The zero-order chi connectivity index (χ0) is 30.0. The molecule has 2 saturated heterocycles. The van der Waals surface area contributed by atoms with E-state index in [1.54, 1.807) is 0 Å². The topological polar surface area (TPSA) is 64.1 Å². The van der Waals surface area contributed by atoms with Crippen LogP contribution >= 0.6 is 0 Å². The third-order valence-electron chi connectivity index (χ3n) is 10.5. The highest BCUT2D eigenvalue weighted by molar-refractivity contribution is 5.77. The molecule has 3 fully saturated rings. The van der Waals surface area contributed by atoms with Gasteiger partial charge in [-0.2, -0.15) is 0 Å². The Kier molecular flexibility index (Phi) is 11.7. The Labute approximate surface area is 259 Å². The van der Waals surface area contributed by atoms with Crippen LogP contribution < -0.4 is 0 Å². The first-order chi connectivity index (χ1) is 21.0. The molecule has 6 nitrogen and oxygen atoms in total. The highest BCUT2D eigenvalue weighted by Gasteiger charge is 2.43. The molecule has 1 saturated carbocycles. The number of rotatable bonds is 13. The predicted molar refractivity (Wildman–Crippen MR) is 173 cm³/mol. The molecule has 0 spiro atoms. The summed E-state index contributed by atoms with van der Waals surface area (Å²) in [5, 5.41) is 10.4. The van der Waals surface area contributed by atoms with Gasteiger partial charge in [0.1, 0.15) is 6.04 Å². The Morgan fingerprint density at radius 1 is 0.907 bits per heavy atom. The first-order valence-corrected chi connectivity index (χ1v) is 17.1. The Balaban J connectivity index is 1.21. The highest BCUT2D eigenvalue weighted by atomic mass is 16.4. The van der Waals surface area contributed by atoms with Crippen LogP contribution in [0.25, 0.3) is 0 Å². The van der Waals surface area contributed by atoms with Crippen LogP contribution in [0, 0.1) is 11.8 Å². The number of aliphatic carboxylic acids is 1. The molecule has 3 atom stereocenters. The number of benzene rings is 2. The van der Waals surface area contributed by atoms with Crippen molar-refractivity contribution < 1.29 is 14.7 Å². The second-order valence-electron chi connectivity index (χ2n) is 13.4. The van der Waals surface area contributed by atoms with E-state index < -0.39 is 5.97 Å². The SMILES string of the molecule is CCCCN(C(=O)CCc1ccccc1)C1CCN(C[C@H]2CN([C@@H](C(=O)O)C3CCCCC3)C[C@@H]2c2ccccc2)CC1. The summed E-state index contributed by atoms with van der Waals surface area (Å²) in [6.45, 7) is 7.75. The molecule has 0 aromatic heterocycles. The lowest BCUT2D eigenvalue weighted by Gasteiger charge is -2.40.